The van der Waals surface area contributed by atoms with Gasteiger partial charge in [0.15, 0.2) is 0 Å². The van der Waals surface area contributed by atoms with Gasteiger partial charge in [-0.3, -0.25) is 9.80 Å². The van der Waals surface area contributed by atoms with Gasteiger partial charge in [0.2, 0.25) is 0 Å². The number of ether oxygens (including phenoxy) is 1. The molecule has 2 aliphatic rings. The molecule has 1 saturated heterocycles. The molecule has 0 bridgehead atoms. The fraction of sp³-hybridized carbons (Fsp3) is 0.517. The fourth-order valence-electron chi connectivity index (χ4n) is 5.91. The SMILES string of the molecule is C[C@H](COc1cc(F)c([C@@H]2c3[nH]c4ccccc4c3C[C@@H](C)N2CC(C)(C)F)c(F)c1)N1CCCC1. The van der Waals surface area contributed by atoms with Crippen molar-refractivity contribution >= 4 is 10.9 Å². The highest BCUT2D eigenvalue weighted by Crippen LogP contribution is 2.43. The molecule has 1 N–H and O–H groups in total. The van der Waals surface area contributed by atoms with E-state index in [4.69, 9.17) is 4.74 Å². The monoisotopic (exact) mass is 499 g/mol. The average Bonchev–Trinajstić information content (AvgIpc) is 3.47. The summed E-state index contributed by atoms with van der Waals surface area (Å²) in [6, 6.07) is 9.72. The first-order valence-corrected chi connectivity index (χ1v) is 13.0. The van der Waals surface area contributed by atoms with Crippen molar-refractivity contribution in [1.29, 1.82) is 0 Å². The molecule has 0 aliphatic carbocycles. The Kier molecular flexibility index (Phi) is 6.81. The van der Waals surface area contributed by atoms with E-state index < -0.39 is 23.3 Å². The van der Waals surface area contributed by atoms with Gasteiger partial charge >= 0.3 is 0 Å². The Bertz CT molecular complexity index is 1210. The highest BCUT2D eigenvalue weighted by Gasteiger charge is 2.41. The molecule has 3 aromatic rings. The van der Waals surface area contributed by atoms with Crippen LogP contribution >= 0.6 is 0 Å². The van der Waals surface area contributed by atoms with E-state index in [1.807, 2.05) is 36.1 Å². The second-order valence-corrected chi connectivity index (χ2v) is 11.1. The number of aromatic amines is 1. The molecule has 1 aromatic heterocycles. The van der Waals surface area contributed by atoms with E-state index in [0.717, 1.165) is 35.2 Å². The first-order chi connectivity index (χ1) is 17.1. The summed E-state index contributed by atoms with van der Waals surface area (Å²) in [5.41, 5.74) is 1.08. The first kappa shape index (κ1) is 25.2. The maximum absolute atomic E-state index is 15.7. The maximum atomic E-state index is 15.7. The summed E-state index contributed by atoms with van der Waals surface area (Å²) in [4.78, 5) is 7.62. The third-order valence-electron chi connectivity index (χ3n) is 7.66. The number of likely N-dealkylation sites (tertiary alicyclic amines) is 1. The second kappa shape index (κ2) is 9.75. The lowest BCUT2D eigenvalue weighted by molar-refractivity contribution is 0.0642. The van der Waals surface area contributed by atoms with Crippen LogP contribution in [0.5, 0.6) is 5.75 Å². The summed E-state index contributed by atoms with van der Waals surface area (Å²) in [5.74, 6) is -1.17. The number of H-pyrrole nitrogens is 1. The molecular weight excluding hydrogens is 463 g/mol. The molecule has 7 heteroatoms. The van der Waals surface area contributed by atoms with Crippen molar-refractivity contribution < 1.29 is 17.9 Å². The van der Waals surface area contributed by atoms with Gasteiger partial charge in [-0.25, -0.2) is 13.2 Å². The molecule has 36 heavy (non-hydrogen) atoms. The van der Waals surface area contributed by atoms with Gasteiger partial charge in [-0.1, -0.05) is 18.2 Å². The normalized spacial score (nSPS) is 22.2. The van der Waals surface area contributed by atoms with Crippen molar-refractivity contribution in [3.05, 3.63) is 64.9 Å². The summed E-state index contributed by atoms with van der Waals surface area (Å²) < 4.78 is 52.2. The number of rotatable bonds is 7. The maximum Gasteiger partial charge on any atom is 0.135 e. The molecule has 5 rings (SSSR count). The Morgan fingerprint density at radius 3 is 2.44 bits per heavy atom. The molecule has 0 unspecified atom stereocenters. The molecule has 0 spiro atoms. The van der Waals surface area contributed by atoms with Crippen LogP contribution in [0.3, 0.4) is 0 Å². The van der Waals surface area contributed by atoms with Gasteiger partial charge in [-0.2, -0.15) is 0 Å². The van der Waals surface area contributed by atoms with E-state index in [-0.39, 0.29) is 29.9 Å². The van der Waals surface area contributed by atoms with Crippen LogP contribution in [0.1, 0.15) is 63.4 Å². The average molecular weight is 500 g/mol. The molecule has 3 heterocycles. The summed E-state index contributed by atoms with van der Waals surface area (Å²) in [6.07, 6.45) is 3.01. The zero-order chi connectivity index (χ0) is 25.6. The van der Waals surface area contributed by atoms with E-state index in [1.165, 1.54) is 38.8 Å². The number of nitrogens with one attached hydrogen (secondary N) is 1. The van der Waals surface area contributed by atoms with Gasteiger partial charge in [-0.15, -0.1) is 0 Å². The van der Waals surface area contributed by atoms with Gasteiger partial charge in [0.05, 0.1) is 6.04 Å². The third-order valence-corrected chi connectivity index (χ3v) is 7.66. The number of hydrogen-bond donors (Lipinski definition) is 1. The van der Waals surface area contributed by atoms with Crippen LogP contribution in [0, 0.1) is 11.6 Å². The van der Waals surface area contributed by atoms with Gasteiger partial charge in [0.25, 0.3) is 0 Å². The smallest absolute Gasteiger partial charge is 0.135 e. The Morgan fingerprint density at radius 2 is 1.78 bits per heavy atom. The molecule has 194 valence electrons. The Balaban J connectivity index is 1.52. The second-order valence-electron chi connectivity index (χ2n) is 11.1. The van der Waals surface area contributed by atoms with Crippen molar-refractivity contribution in [2.24, 2.45) is 0 Å². The third kappa shape index (κ3) is 4.88. The highest BCUT2D eigenvalue weighted by molar-refractivity contribution is 5.85. The number of alkyl halides is 1. The molecule has 0 radical (unpaired) electrons. The molecule has 2 aliphatic heterocycles. The Morgan fingerprint density at radius 1 is 1.11 bits per heavy atom. The Hall–Kier alpha value is -2.51. The van der Waals surface area contributed by atoms with Crippen molar-refractivity contribution in [1.82, 2.24) is 14.8 Å². The summed E-state index contributed by atoms with van der Waals surface area (Å²) in [7, 11) is 0. The molecule has 0 saturated carbocycles. The summed E-state index contributed by atoms with van der Waals surface area (Å²) in [6.45, 7) is 9.55. The van der Waals surface area contributed by atoms with Gasteiger partial charge < -0.3 is 9.72 Å². The number of para-hydroxylation sites is 1. The number of fused-ring (bicyclic) bond motifs is 3. The molecule has 1 fully saturated rings. The van der Waals surface area contributed by atoms with Crippen LogP contribution in [0.2, 0.25) is 0 Å². The standard InChI is InChI=1S/C29H36F3N3O/c1-18-13-22-21-9-5-6-10-25(21)33-27(22)28(35(18)17-29(3,4)32)26-23(30)14-20(15-24(26)31)36-16-19(2)34-11-7-8-12-34/h5-6,9-10,14-15,18-19,28,33H,7-8,11-13,16-17H2,1-4H3/t18-,19-,28-/m1/s1. The van der Waals surface area contributed by atoms with Crippen molar-refractivity contribution in [2.75, 3.05) is 26.2 Å². The lowest BCUT2D eigenvalue weighted by Gasteiger charge is -2.43. The quantitative estimate of drug-likeness (QED) is 0.409. The van der Waals surface area contributed by atoms with E-state index in [0.29, 0.717) is 13.0 Å². The van der Waals surface area contributed by atoms with Crippen molar-refractivity contribution in [3.63, 3.8) is 0 Å². The van der Waals surface area contributed by atoms with Gasteiger partial charge in [0, 0.05) is 52.9 Å². The number of benzene rings is 2. The molecular formula is C29H36F3N3O. The van der Waals surface area contributed by atoms with Crippen LogP contribution < -0.4 is 4.74 Å². The summed E-state index contributed by atoms with van der Waals surface area (Å²) >= 11 is 0. The minimum absolute atomic E-state index is 0.0537. The van der Waals surface area contributed by atoms with Gasteiger partial charge in [0.1, 0.15) is 29.7 Å². The zero-order valence-corrected chi connectivity index (χ0v) is 21.6. The zero-order valence-electron chi connectivity index (χ0n) is 21.6. The molecule has 4 nitrogen and oxygen atoms in total. The largest absolute Gasteiger partial charge is 0.492 e. The molecule has 0 amide bonds. The van der Waals surface area contributed by atoms with Crippen LogP contribution in [-0.4, -0.2) is 58.8 Å². The predicted molar refractivity (Wildman–Crippen MR) is 137 cm³/mol. The van der Waals surface area contributed by atoms with Crippen LogP contribution in [-0.2, 0) is 6.42 Å². The Labute approximate surface area is 211 Å². The number of aromatic nitrogens is 1. The van der Waals surface area contributed by atoms with Crippen molar-refractivity contribution in [2.45, 2.75) is 70.8 Å². The summed E-state index contributed by atoms with van der Waals surface area (Å²) in [5, 5.41) is 1.04. The molecule has 3 atom stereocenters. The van der Waals surface area contributed by atoms with E-state index >= 15 is 8.78 Å². The lowest BCUT2D eigenvalue weighted by atomic mass is 9.87. The van der Waals surface area contributed by atoms with E-state index in [1.54, 1.807) is 0 Å². The van der Waals surface area contributed by atoms with E-state index in [9.17, 15) is 4.39 Å². The van der Waals surface area contributed by atoms with Crippen LogP contribution in [0.4, 0.5) is 13.2 Å². The fourth-order valence-corrected chi connectivity index (χ4v) is 5.91. The topological polar surface area (TPSA) is 31.5 Å². The van der Waals surface area contributed by atoms with Crippen LogP contribution in [0.25, 0.3) is 10.9 Å². The van der Waals surface area contributed by atoms with E-state index in [2.05, 4.69) is 16.8 Å². The molecule has 2 aromatic carbocycles. The highest BCUT2D eigenvalue weighted by atomic mass is 19.1. The minimum Gasteiger partial charge on any atom is -0.492 e. The first-order valence-electron chi connectivity index (χ1n) is 13.0. The predicted octanol–water partition coefficient (Wildman–Crippen LogP) is 6.39. The lowest BCUT2D eigenvalue weighted by Crippen LogP contribution is -2.48. The van der Waals surface area contributed by atoms with Crippen molar-refractivity contribution in [3.8, 4) is 5.75 Å². The number of halogens is 3. The number of hydrogen-bond acceptors (Lipinski definition) is 3. The van der Waals surface area contributed by atoms with Crippen LogP contribution in [0.15, 0.2) is 36.4 Å². The number of nitrogens with zero attached hydrogens (tertiary/aromatic N) is 2. The minimum atomic E-state index is -1.53. The van der Waals surface area contributed by atoms with Gasteiger partial charge in [-0.05, 0) is 71.7 Å².